The van der Waals surface area contributed by atoms with Crippen molar-refractivity contribution in [3.8, 4) is 11.3 Å². The summed E-state index contributed by atoms with van der Waals surface area (Å²) in [6, 6.07) is 10.8. The second-order valence-corrected chi connectivity index (χ2v) is 15.5. The van der Waals surface area contributed by atoms with Crippen molar-refractivity contribution in [2.45, 2.75) is 44.9 Å². The topological polar surface area (TPSA) is 97.7 Å². The maximum absolute atomic E-state index is 14.4. The van der Waals surface area contributed by atoms with E-state index in [9.17, 15) is 9.18 Å². The number of aromatic nitrogens is 5. The maximum atomic E-state index is 14.4. The lowest BCUT2D eigenvalue weighted by molar-refractivity contribution is 0.246. The molecule has 0 aliphatic heterocycles. The van der Waals surface area contributed by atoms with E-state index in [2.05, 4.69) is 59.3 Å². The smallest absolute Gasteiger partial charge is 0.251 e. The van der Waals surface area contributed by atoms with Crippen LogP contribution in [0.3, 0.4) is 0 Å². The Morgan fingerprint density at radius 1 is 1.16 bits per heavy atom. The number of H-pyrrole nitrogens is 1. The molecule has 3 aromatic heterocycles. The zero-order valence-electron chi connectivity index (χ0n) is 21.4. The highest BCUT2D eigenvalue weighted by molar-refractivity contribution is 6.74. The number of hydrogen-bond acceptors (Lipinski definition) is 6. The zero-order valence-corrected chi connectivity index (χ0v) is 23.2. The first kappa shape index (κ1) is 26.7. The second kappa shape index (κ2) is 10.6. The molecule has 0 aliphatic carbocycles. The highest BCUT2D eigenvalue weighted by Gasteiger charge is 2.38. The van der Waals surface area contributed by atoms with Crippen molar-refractivity contribution in [3.05, 3.63) is 87.8 Å². The van der Waals surface area contributed by atoms with Gasteiger partial charge >= 0.3 is 0 Å². The molecule has 1 atom stereocenters. The van der Waals surface area contributed by atoms with Crippen LogP contribution in [0.1, 0.15) is 32.4 Å². The van der Waals surface area contributed by atoms with Gasteiger partial charge in [0.25, 0.3) is 5.56 Å². The first-order valence-electron chi connectivity index (χ1n) is 11.9. The average Bonchev–Trinajstić information content (AvgIpc) is 3.34. The van der Waals surface area contributed by atoms with Crippen LogP contribution >= 0.6 is 11.6 Å². The predicted molar refractivity (Wildman–Crippen MR) is 146 cm³/mol. The molecule has 0 amide bonds. The van der Waals surface area contributed by atoms with Crippen molar-refractivity contribution in [3.63, 3.8) is 0 Å². The number of halogens is 2. The molecule has 4 rings (SSSR count). The molecule has 2 N–H and O–H groups in total. The molecular formula is C26H30ClFN6O2Si. The molecule has 194 valence electrons. The van der Waals surface area contributed by atoms with E-state index in [1.807, 2.05) is 0 Å². The van der Waals surface area contributed by atoms with Gasteiger partial charge in [-0.2, -0.15) is 5.10 Å². The van der Waals surface area contributed by atoms with Crippen LogP contribution in [0, 0.1) is 5.82 Å². The van der Waals surface area contributed by atoms with Gasteiger partial charge < -0.3 is 14.3 Å². The molecule has 0 unspecified atom stereocenters. The van der Waals surface area contributed by atoms with E-state index in [-0.39, 0.29) is 22.2 Å². The van der Waals surface area contributed by atoms with Crippen molar-refractivity contribution < 1.29 is 8.82 Å². The van der Waals surface area contributed by atoms with E-state index in [0.717, 1.165) is 0 Å². The minimum Gasteiger partial charge on any atom is -0.414 e. The average molecular weight is 541 g/mol. The summed E-state index contributed by atoms with van der Waals surface area (Å²) in [6.45, 7) is 10.9. The lowest BCUT2D eigenvalue weighted by Crippen LogP contribution is -2.43. The van der Waals surface area contributed by atoms with Crippen molar-refractivity contribution in [2.75, 3.05) is 11.9 Å². The predicted octanol–water partition coefficient (Wildman–Crippen LogP) is 6.18. The summed E-state index contributed by atoms with van der Waals surface area (Å²) in [5.41, 5.74) is 1.54. The molecule has 3 heterocycles. The molecule has 0 saturated heterocycles. The molecule has 0 spiro atoms. The van der Waals surface area contributed by atoms with Gasteiger partial charge in [0.15, 0.2) is 8.32 Å². The van der Waals surface area contributed by atoms with Gasteiger partial charge in [-0.15, -0.1) is 0 Å². The van der Waals surface area contributed by atoms with E-state index in [1.54, 1.807) is 47.4 Å². The van der Waals surface area contributed by atoms with E-state index < -0.39 is 20.2 Å². The summed E-state index contributed by atoms with van der Waals surface area (Å²) in [7, 11) is -2.14. The van der Waals surface area contributed by atoms with Crippen LogP contribution in [0.4, 0.5) is 16.2 Å². The third-order valence-electron chi connectivity index (χ3n) is 6.72. The number of benzene rings is 1. The first-order valence-corrected chi connectivity index (χ1v) is 15.1. The Hall–Kier alpha value is -3.34. The fourth-order valence-corrected chi connectivity index (χ4v) is 4.62. The number of nitrogens with one attached hydrogen (secondary N) is 2. The number of anilines is 2. The third-order valence-corrected chi connectivity index (χ3v) is 11.5. The van der Waals surface area contributed by atoms with Crippen LogP contribution in [0.15, 0.2) is 65.8 Å². The van der Waals surface area contributed by atoms with Gasteiger partial charge in [-0.05, 0) is 48.0 Å². The van der Waals surface area contributed by atoms with E-state index in [4.69, 9.17) is 16.0 Å². The van der Waals surface area contributed by atoms with Gasteiger partial charge in [0.05, 0.1) is 29.6 Å². The molecule has 0 fully saturated rings. The quantitative estimate of drug-likeness (QED) is 0.259. The molecule has 37 heavy (non-hydrogen) atoms. The normalized spacial score (nSPS) is 12.9. The van der Waals surface area contributed by atoms with Gasteiger partial charge in [-0.3, -0.25) is 9.89 Å². The van der Waals surface area contributed by atoms with Gasteiger partial charge in [0, 0.05) is 30.1 Å². The molecule has 4 aromatic rings. The number of hydrogen-bond donors (Lipinski definition) is 2. The molecule has 8 nitrogen and oxygen atoms in total. The number of pyridine rings is 1. The largest absolute Gasteiger partial charge is 0.414 e. The van der Waals surface area contributed by atoms with Crippen molar-refractivity contribution >= 4 is 31.7 Å². The molecular weight excluding hydrogens is 511 g/mol. The Labute approximate surface area is 221 Å². The third kappa shape index (κ3) is 6.15. The SMILES string of the molecule is CC(C)(C)[Si](C)(C)OC[C@H](c1ccc(Cl)c(F)c1)n1ccc(-c2ccnc(Nc3ccn[nH]3)n2)cc1=O. The van der Waals surface area contributed by atoms with Crippen LogP contribution in [0.2, 0.25) is 23.2 Å². The fraction of sp³-hybridized carbons (Fsp3) is 0.308. The van der Waals surface area contributed by atoms with Gasteiger partial charge in [0.2, 0.25) is 5.95 Å². The van der Waals surface area contributed by atoms with Crippen LogP contribution < -0.4 is 10.9 Å². The van der Waals surface area contributed by atoms with Gasteiger partial charge in [0.1, 0.15) is 11.6 Å². The fourth-order valence-electron chi connectivity index (χ4n) is 3.49. The van der Waals surface area contributed by atoms with E-state index >= 15 is 0 Å². The second-order valence-electron chi connectivity index (χ2n) is 10.3. The summed E-state index contributed by atoms with van der Waals surface area (Å²) in [5.74, 6) is 0.468. The minimum absolute atomic E-state index is 0.0213. The first-order chi connectivity index (χ1) is 17.4. The summed E-state index contributed by atoms with van der Waals surface area (Å²) >= 11 is 5.93. The zero-order chi connectivity index (χ0) is 26.8. The van der Waals surface area contributed by atoms with E-state index in [0.29, 0.717) is 28.6 Å². The summed E-state index contributed by atoms with van der Waals surface area (Å²) in [6.07, 6.45) is 4.91. The molecule has 0 radical (unpaired) electrons. The molecule has 0 saturated carbocycles. The summed E-state index contributed by atoms with van der Waals surface area (Å²) in [5, 5.41) is 9.72. The Morgan fingerprint density at radius 3 is 2.59 bits per heavy atom. The van der Waals surface area contributed by atoms with Crippen molar-refractivity contribution in [2.24, 2.45) is 0 Å². The molecule has 11 heteroatoms. The van der Waals surface area contributed by atoms with Crippen LogP contribution in [0.25, 0.3) is 11.3 Å². The monoisotopic (exact) mass is 540 g/mol. The Kier molecular flexibility index (Phi) is 7.63. The summed E-state index contributed by atoms with van der Waals surface area (Å²) < 4.78 is 22.4. The number of nitrogens with zero attached hydrogens (tertiary/aromatic N) is 4. The van der Waals surface area contributed by atoms with Crippen LogP contribution in [-0.4, -0.2) is 39.7 Å². The van der Waals surface area contributed by atoms with Gasteiger partial charge in [-0.25, -0.2) is 14.4 Å². The summed E-state index contributed by atoms with van der Waals surface area (Å²) in [4.78, 5) is 22.1. The maximum Gasteiger partial charge on any atom is 0.251 e. The lowest BCUT2D eigenvalue weighted by atomic mass is 10.1. The van der Waals surface area contributed by atoms with Crippen molar-refractivity contribution in [1.82, 2.24) is 24.7 Å². The van der Waals surface area contributed by atoms with Crippen LogP contribution in [0.5, 0.6) is 0 Å². The van der Waals surface area contributed by atoms with Crippen LogP contribution in [-0.2, 0) is 4.43 Å². The molecule has 1 aromatic carbocycles. The highest BCUT2D eigenvalue weighted by atomic mass is 35.5. The minimum atomic E-state index is -2.14. The number of rotatable bonds is 8. The standard InChI is InChI=1S/C26H30ClFN6O2Si/c1-26(2,3)37(4,5)36-16-22(18-6-7-19(27)20(28)14-18)34-13-10-17(15-24(34)35)21-8-11-29-25(31-21)32-23-9-12-30-33-23/h6-15,22H,16H2,1-5H3,(H2,29,30,31,32,33)/t22-/m1/s1. The van der Waals surface area contributed by atoms with Gasteiger partial charge in [-0.1, -0.05) is 38.4 Å². The molecule has 0 aliphatic rings. The lowest BCUT2D eigenvalue weighted by Gasteiger charge is -2.37. The Balaban J connectivity index is 1.67. The Bertz CT molecular complexity index is 1440. The highest BCUT2D eigenvalue weighted by Crippen LogP contribution is 2.37. The Morgan fingerprint density at radius 2 is 1.95 bits per heavy atom. The molecule has 0 bridgehead atoms. The van der Waals surface area contributed by atoms with Crippen molar-refractivity contribution in [1.29, 1.82) is 0 Å². The van der Waals surface area contributed by atoms with E-state index in [1.165, 1.54) is 18.2 Å². The number of aromatic amines is 1.